The standard InChI is InChI=1S/C21H15ClN6O4S/c22-13-7-6-11(9-16(13)28(31)32)19(29)24-18-10-15(17-5-2-8-33-17)26-27(18)21-23-14-4-1-3-12(14)20(30)25-21/h2,5-10H,1,3-4H2,(H,24,29)(H,23,25,30). The SMILES string of the molecule is O=C(Nc1cc(-c2cccs2)nn1-c1nc2c(c(=O)[nH]1)CCC2)c1ccc(Cl)c([N+](=O)[O-])c1. The highest BCUT2D eigenvalue weighted by Gasteiger charge is 2.22. The number of fused-ring (bicyclic) bond motifs is 1. The number of aromatic amines is 1. The van der Waals surface area contributed by atoms with Crippen LogP contribution in [0.15, 0.2) is 46.6 Å². The summed E-state index contributed by atoms with van der Waals surface area (Å²) < 4.78 is 1.36. The molecule has 10 nitrogen and oxygen atoms in total. The van der Waals surface area contributed by atoms with Crippen molar-refractivity contribution in [2.24, 2.45) is 0 Å². The first-order chi connectivity index (χ1) is 15.9. The number of nitro groups is 1. The zero-order chi connectivity index (χ0) is 23.1. The third-order valence-corrected chi connectivity index (χ3v) is 6.47. The van der Waals surface area contributed by atoms with E-state index in [9.17, 15) is 19.7 Å². The van der Waals surface area contributed by atoms with Crippen molar-refractivity contribution in [3.05, 3.63) is 84.1 Å². The van der Waals surface area contributed by atoms with E-state index in [1.165, 1.54) is 28.2 Å². The molecule has 0 radical (unpaired) electrons. The number of carbonyl (C=O) groups excluding carboxylic acids is 1. The average Bonchev–Trinajstić information content (AvgIpc) is 3.54. The van der Waals surface area contributed by atoms with Gasteiger partial charge in [-0.1, -0.05) is 17.7 Å². The van der Waals surface area contributed by atoms with Gasteiger partial charge in [-0.25, -0.2) is 4.98 Å². The lowest BCUT2D eigenvalue weighted by molar-refractivity contribution is -0.384. The van der Waals surface area contributed by atoms with Gasteiger partial charge in [0.2, 0.25) is 5.95 Å². The van der Waals surface area contributed by atoms with Crippen molar-refractivity contribution in [2.45, 2.75) is 19.3 Å². The van der Waals surface area contributed by atoms with E-state index in [1.54, 1.807) is 6.07 Å². The molecule has 2 N–H and O–H groups in total. The van der Waals surface area contributed by atoms with E-state index in [0.717, 1.165) is 17.4 Å². The fourth-order valence-electron chi connectivity index (χ4n) is 3.69. The van der Waals surface area contributed by atoms with Crippen molar-refractivity contribution in [3.63, 3.8) is 0 Å². The molecule has 3 aromatic heterocycles. The summed E-state index contributed by atoms with van der Waals surface area (Å²) in [5, 5.41) is 20.3. The van der Waals surface area contributed by atoms with Crippen LogP contribution >= 0.6 is 22.9 Å². The third kappa shape index (κ3) is 3.92. The number of benzene rings is 1. The molecule has 166 valence electrons. The molecule has 5 rings (SSSR count). The Hall–Kier alpha value is -3.83. The van der Waals surface area contributed by atoms with Crippen LogP contribution in [0.25, 0.3) is 16.5 Å². The summed E-state index contributed by atoms with van der Waals surface area (Å²) in [5.74, 6) is -0.167. The van der Waals surface area contributed by atoms with Gasteiger partial charge in [-0.2, -0.15) is 9.78 Å². The zero-order valence-corrected chi connectivity index (χ0v) is 18.4. The van der Waals surface area contributed by atoms with Crippen LogP contribution in [0, 0.1) is 10.1 Å². The number of H-pyrrole nitrogens is 1. The number of anilines is 1. The van der Waals surface area contributed by atoms with Crippen LogP contribution in [0.2, 0.25) is 5.02 Å². The largest absolute Gasteiger partial charge is 0.306 e. The third-order valence-electron chi connectivity index (χ3n) is 5.26. The molecule has 1 aliphatic carbocycles. The minimum Gasteiger partial charge on any atom is -0.306 e. The number of thiophene rings is 1. The summed E-state index contributed by atoms with van der Waals surface area (Å²) >= 11 is 7.32. The van der Waals surface area contributed by atoms with Gasteiger partial charge in [0.05, 0.1) is 15.5 Å². The molecule has 12 heteroatoms. The number of amides is 1. The van der Waals surface area contributed by atoms with Gasteiger partial charge in [0.1, 0.15) is 16.5 Å². The highest BCUT2D eigenvalue weighted by atomic mass is 35.5. The Balaban J connectivity index is 1.57. The topological polar surface area (TPSA) is 136 Å². The van der Waals surface area contributed by atoms with Gasteiger partial charge in [-0.15, -0.1) is 11.3 Å². The number of rotatable bonds is 5. The summed E-state index contributed by atoms with van der Waals surface area (Å²) in [4.78, 5) is 44.2. The van der Waals surface area contributed by atoms with E-state index >= 15 is 0 Å². The fraction of sp³-hybridized carbons (Fsp3) is 0.143. The number of halogens is 1. The van der Waals surface area contributed by atoms with Crippen molar-refractivity contribution >= 4 is 40.4 Å². The van der Waals surface area contributed by atoms with Crippen LogP contribution in [0.1, 0.15) is 28.0 Å². The Morgan fingerprint density at radius 1 is 1.27 bits per heavy atom. The highest BCUT2D eigenvalue weighted by Crippen LogP contribution is 2.29. The molecule has 33 heavy (non-hydrogen) atoms. The number of nitrogens with zero attached hydrogens (tertiary/aromatic N) is 4. The maximum Gasteiger partial charge on any atom is 0.288 e. The number of nitrogens with one attached hydrogen (secondary N) is 2. The predicted octanol–water partition coefficient (Wildman–Crippen LogP) is 3.99. The van der Waals surface area contributed by atoms with Gasteiger partial charge >= 0.3 is 0 Å². The first-order valence-electron chi connectivity index (χ1n) is 9.92. The van der Waals surface area contributed by atoms with Gasteiger partial charge in [0, 0.05) is 23.3 Å². The molecule has 1 aliphatic rings. The molecule has 0 unspecified atom stereocenters. The monoisotopic (exact) mass is 482 g/mol. The molecular formula is C21H15ClN6O4S. The molecular weight excluding hydrogens is 468 g/mol. The van der Waals surface area contributed by atoms with Crippen LogP contribution in [-0.2, 0) is 12.8 Å². The number of nitro benzene ring substituents is 1. The molecule has 0 bridgehead atoms. The molecule has 1 aromatic carbocycles. The Morgan fingerprint density at radius 2 is 2.12 bits per heavy atom. The number of aryl methyl sites for hydroxylation is 1. The van der Waals surface area contributed by atoms with Crippen LogP contribution in [0.3, 0.4) is 0 Å². The molecule has 0 aliphatic heterocycles. The molecule has 0 spiro atoms. The molecule has 0 saturated carbocycles. The van der Waals surface area contributed by atoms with Crippen molar-refractivity contribution in [2.75, 3.05) is 5.32 Å². The number of aromatic nitrogens is 4. The van der Waals surface area contributed by atoms with Crippen LogP contribution < -0.4 is 10.9 Å². The quantitative estimate of drug-likeness (QED) is 0.326. The van der Waals surface area contributed by atoms with Crippen LogP contribution in [0.5, 0.6) is 0 Å². The van der Waals surface area contributed by atoms with E-state index in [1.807, 2.05) is 17.5 Å². The fourth-order valence-corrected chi connectivity index (χ4v) is 4.56. The van der Waals surface area contributed by atoms with Gasteiger partial charge in [0.15, 0.2) is 0 Å². The number of hydrogen-bond donors (Lipinski definition) is 2. The van der Waals surface area contributed by atoms with E-state index < -0.39 is 10.8 Å². The lowest BCUT2D eigenvalue weighted by Crippen LogP contribution is -2.21. The maximum absolute atomic E-state index is 12.9. The number of hydrogen-bond acceptors (Lipinski definition) is 7. The Kier molecular flexibility index (Phi) is 5.27. The lowest BCUT2D eigenvalue weighted by atomic mass is 10.2. The summed E-state index contributed by atoms with van der Waals surface area (Å²) in [6, 6.07) is 9.20. The van der Waals surface area contributed by atoms with E-state index in [-0.39, 0.29) is 33.6 Å². The molecule has 0 atom stereocenters. The molecule has 3 heterocycles. The number of carbonyl (C=O) groups is 1. The molecule has 0 saturated heterocycles. The van der Waals surface area contributed by atoms with Crippen molar-refractivity contribution in [3.8, 4) is 16.5 Å². The first-order valence-corrected chi connectivity index (χ1v) is 11.2. The highest BCUT2D eigenvalue weighted by molar-refractivity contribution is 7.13. The Labute approximate surface area is 195 Å². The summed E-state index contributed by atoms with van der Waals surface area (Å²) in [5.41, 5.74) is 1.40. The van der Waals surface area contributed by atoms with E-state index in [4.69, 9.17) is 11.6 Å². The second kappa shape index (κ2) is 8.26. The van der Waals surface area contributed by atoms with E-state index in [0.29, 0.717) is 29.8 Å². The second-order valence-corrected chi connectivity index (χ2v) is 8.70. The van der Waals surface area contributed by atoms with Crippen LogP contribution in [-0.4, -0.2) is 30.6 Å². The normalized spacial score (nSPS) is 12.5. The zero-order valence-electron chi connectivity index (χ0n) is 16.9. The predicted molar refractivity (Wildman–Crippen MR) is 123 cm³/mol. The average molecular weight is 483 g/mol. The lowest BCUT2D eigenvalue weighted by Gasteiger charge is -2.09. The second-order valence-electron chi connectivity index (χ2n) is 7.35. The summed E-state index contributed by atoms with van der Waals surface area (Å²) in [7, 11) is 0. The maximum atomic E-state index is 12.9. The van der Waals surface area contributed by atoms with Gasteiger partial charge in [-0.05, 0) is 42.8 Å². The van der Waals surface area contributed by atoms with E-state index in [2.05, 4.69) is 20.4 Å². The van der Waals surface area contributed by atoms with Gasteiger partial charge < -0.3 is 5.32 Å². The van der Waals surface area contributed by atoms with Gasteiger partial charge in [0.25, 0.3) is 17.2 Å². The molecule has 1 amide bonds. The first kappa shape index (κ1) is 21.0. The van der Waals surface area contributed by atoms with Gasteiger partial charge in [-0.3, -0.25) is 24.7 Å². The van der Waals surface area contributed by atoms with Crippen LogP contribution in [0.4, 0.5) is 11.5 Å². The van der Waals surface area contributed by atoms with Crippen molar-refractivity contribution < 1.29 is 9.72 Å². The minimum absolute atomic E-state index is 0.0481. The molecule has 4 aromatic rings. The Morgan fingerprint density at radius 3 is 2.88 bits per heavy atom. The summed E-state index contributed by atoms with van der Waals surface area (Å²) in [6.45, 7) is 0. The smallest absolute Gasteiger partial charge is 0.288 e. The van der Waals surface area contributed by atoms with Crippen molar-refractivity contribution in [1.29, 1.82) is 0 Å². The van der Waals surface area contributed by atoms with Crippen molar-refractivity contribution in [1.82, 2.24) is 19.7 Å². The minimum atomic E-state index is -0.655. The molecule has 0 fully saturated rings. The Bertz CT molecular complexity index is 1460. The summed E-state index contributed by atoms with van der Waals surface area (Å²) in [6.07, 6.45) is 2.23.